The highest BCUT2D eigenvalue weighted by atomic mass is 16.6. The van der Waals surface area contributed by atoms with Crippen molar-refractivity contribution in [3.8, 4) is 17.2 Å². The van der Waals surface area contributed by atoms with Crippen LogP contribution in [-0.2, 0) is 6.54 Å². The van der Waals surface area contributed by atoms with Crippen molar-refractivity contribution in [1.82, 2.24) is 20.0 Å². The number of para-hydroxylation sites is 3. The zero-order valence-electron chi connectivity index (χ0n) is 16.3. The largest absolute Gasteiger partial charge is 0.486 e. The van der Waals surface area contributed by atoms with Crippen LogP contribution in [0.3, 0.4) is 0 Å². The second-order valence-corrected chi connectivity index (χ2v) is 6.82. The van der Waals surface area contributed by atoms with Crippen molar-refractivity contribution in [3.05, 3.63) is 72.6 Å². The molecule has 0 spiro atoms. The van der Waals surface area contributed by atoms with E-state index in [9.17, 15) is 4.79 Å². The van der Waals surface area contributed by atoms with Gasteiger partial charge in [-0.25, -0.2) is 9.48 Å². The van der Waals surface area contributed by atoms with Crippen LogP contribution in [0.25, 0.3) is 5.69 Å². The molecule has 3 aromatic rings. The fraction of sp³-hybridized carbons (Fsp3) is 0.273. The average Bonchev–Trinajstić information content (AvgIpc) is 3.25. The van der Waals surface area contributed by atoms with Gasteiger partial charge in [-0.1, -0.05) is 30.3 Å². The summed E-state index contributed by atoms with van der Waals surface area (Å²) < 4.78 is 13.5. The summed E-state index contributed by atoms with van der Waals surface area (Å²) in [5, 5.41) is 7.32. The molecule has 0 saturated carbocycles. The Hall–Kier alpha value is -3.48. The average molecular weight is 392 g/mol. The van der Waals surface area contributed by atoms with Crippen molar-refractivity contribution in [2.24, 2.45) is 0 Å². The molecule has 0 saturated heterocycles. The van der Waals surface area contributed by atoms with Gasteiger partial charge in [0.2, 0.25) is 0 Å². The summed E-state index contributed by atoms with van der Waals surface area (Å²) in [6.45, 7) is 3.82. The number of carbonyl (C=O) groups is 1. The van der Waals surface area contributed by atoms with Crippen LogP contribution in [-0.4, -0.2) is 46.5 Å². The molecule has 1 aliphatic heterocycles. The van der Waals surface area contributed by atoms with Gasteiger partial charge >= 0.3 is 6.03 Å². The van der Waals surface area contributed by atoms with Gasteiger partial charge in [-0.3, -0.25) is 0 Å². The first-order valence-corrected chi connectivity index (χ1v) is 9.73. The molecule has 2 aromatic carbocycles. The number of hydrogen-bond donors (Lipinski definition) is 1. The van der Waals surface area contributed by atoms with Gasteiger partial charge in [0.05, 0.1) is 18.4 Å². The molecule has 1 N–H and O–H groups in total. The van der Waals surface area contributed by atoms with Gasteiger partial charge in [0.25, 0.3) is 0 Å². The van der Waals surface area contributed by atoms with Gasteiger partial charge in [0, 0.05) is 24.8 Å². The molecule has 1 aromatic heterocycles. The van der Waals surface area contributed by atoms with E-state index >= 15 is 0 Å². The summed E-state index contributed by atoms with van der Waals surface area (Å²) in [4.78, 5) is 14.4. The van der Waals surface area contributed by atoms with E-state index in [1.165, 1.54) is 0 Å². The molecular formula is C22H24N4O3. The topological polar surface area (TPSA) is 68.6 Å². The number of ether oxygens (including phenoxy) is 2. The number of hydrogen-bond acceptors (Lipinski definition) is 4. The van der Waals surface area contributed by atoms with Crippen LogP contribution in [0.2, 0.25) is 0 Å². The van der Waals surface area contributed by atoms with Crippen molar-refractivity contribution in [1.29, 1.82) is 0 Å². The third-order valence-corrected chi connectivity index (χ3v) is 4.76. The van der Waals surface area contributed by atoms with Crippen molar-refractivity contribution in [2.45, 2.75) is 19.6 Å². The van der Waals surface area contributed by atoms with E-state index in [0.717, 1.165) is 17.0 Å². The maximum absolute atomic E-state index is 12.6. The third kappa shape index (κ3) is 4.51. The van der Waals surface area contributed by atoms with Gasteiger partial charge in [0.15, 0.2) is 17.6 Å². The number of aromatic nitrogens is 2. The van der Waals surface area contributed by atoms with Crippen LogP contribution in [0.1, 0.15) is 12.5 Å². The normalized spacial score (nSPS) is 15.0. The van der Waals surface area contributed by atoms with Crippen LogP contribution in [0.4, 0.5) is 4.79 Å². The molecule has 7 nitrogen and oxygen atoms in total. The first kappa shape index (κ1) is 18.9. The summed E-state index contributed by atoms with van der Waals surface area (Å²) in [5.74, 6) is 1.46. The van der Waals surface area contributed by atoms with Crippen molar-refractivity contribution in [2.75, 3.05) is 19.7 Å². The molecule has 7 heteroatoms. The van der Waals surface area contributed by atoms with Crippen molar-refractivity contribution < 1.29 is 14.3 Å². The molecule has 2 heterocycles. The number of amides is 2. The zero-order chi connectivity index (χ0) is 20.1. The number of fused-ring (bicyclic) bond motifs is 1. The van der Waals surface area contributed by atoms with E-state index in [-0.39, 0.29) is 12.1 Å². The van der Waals surface area contributed by atoms with Crippen LogP contribution >= 0.6 is 0 Å². The summed E-state index contributed by atoms with van der Waals surface area (Å²) in [6, 6.07) is 17.3. The van der Waals surface area contributed by atoms with E-state index < -0.39 is 0 Å². The van der Waals surface area contributed by atoms with Crippen molar-refractivity contribution >= 4 is 6.03 Å². The van der Waals surface area contributed by atoms with Gasteiger partial charge in [-0.2, -0.15) is 5.10 Å². The maximum Gasteiger partial charge on any atom is 0.317 e. The summed E-state index contributed by atoms with van der Waals surface area (Å²) in [6.07, 6.45) is 3.48. The predicted octanol–water partition coefficient (Wildman–Crippen LogP) is 3.24. The number of carbonyl (C=O) groups excluding carboxylic acids is 1. The lowest BCUT2D eigenvalue weighted by molar-refractivity contribution is 0.0675. The first-order chi connectivity index (χ1) is 14.2. The monoisotopic (exact) mass is 392 g/mol. The maximum atomic E-state index is 12.6. The van der Waals surface area contributed by atoms with E-state index in [1.807, 2.05) is 67.7 Å². The fourth-order valence-corrected chi connectivity index (χ4v) is 3.22. The molecule has 1 unspecified atom stereocenters. The number of nitrogens with one attached hydrogen (secondary N) is 1. The lowest BCUT2D eigenvalue weighted by atomic mass is 10.2. The Bertz CT molecular complexity index is 957. The van der Waals surface area contributed by atoms with Crippen molar-refractivity contribution in [3.63, 3.8) is 0 Å². The summed E-state index contributed by atoms with van der Waals surface area (Å²) in [5.41, 5.74) is 1.92. The van der Waals surface area contributed by atoms with Gasteiger partial charge in [-0.15, -0.1) is 0 Å². The molecule has 2 amide bonds. The van der Waals surface area contributed by atoms with E-state index in [2.05, 4.69) is 10.4 Å². The molecule has 150 valence electrons. The molecule has 4 rings (SSSR count). The Morgan fingerprint density at radius 3 is 2.72 bits per heavy atom. The number of likely N-dealkylation sites (N-methyl/N-ethyl adjacent to an activating group) is 1. The smallest absolute Gasteiger partial charge is 0.317 e. The quantitative estimate of drug-likeness (QED) is 0.699. The highest BCUT2D eigenvalue weighted by Gasteiger charge is 2.24. The first-order valence-electron chi connectivity index (χ1n) is 9.73. The molecule has 0 radical (unpaired) electrons. The molecule has 1 aliphatic rings. The lowest BCUT2D eigenvalue weighted by Crippen LogP contribution is -2.47. The van der Waals surface area contributed by atoms with E-state index in [0.29, 0.717) is 32.0 Å². The van der Waals surface area contributed by atoms with Crippen LogP contribution in [0.15, 0.2) is 67.0 Å². The molecule has 0 aliphatic carbocycles. The van der Waals surface area contributed by atoms with E-state index in [4.69, 9.17) is 9.47 Å². The predicted molar refractivity (Wildman–Crippen MR) is 109 cm³/mol. The second kappa shape index (κ2) is 8.68. The Morgan fingerprint density at radius 2 is 1.93 bits per heavy atom. The summed E-state index contributed by atoms with van der Waals surface area (Å²) >= 11 is 0. The SMILES string of the molecule is CCN(CC1COc2ccccc2O1)C(=O)NCc1cnn(-c2ccccc2)c1. The van der Waals surface area contributed by atoms with Crippen LogP contribution in [0, 0.1) is 0 Å². The number of urea groups is 1. The number of nitrogens with zero attached hydrogens (tertiary/aromatic N) is 3. The highest BCUT2D eigenvalue weighted by molar-refractivity contribution is 5.74. The van der Waals surface area contributed by atoms with E-state index in [1.54, 1.807) is 15.8 Å². The minimum Gasteiger partial charge on any atom is -0.486 e. The molecular weight excluding hydrogens is 368 g/mol. The molecule has 0 fully saturated rings. The van der Waals surface area contributed by atoms with Crippen LogP contribution in [0.5, 0.6) is 11.5 Å². The third-order valence-electron chi connectivity index (χ3n) is 4.76. The Labute approximate surface area is 169 Å². The molecule has 1 atom stereocenters. The summed E-state index contributed by atoms with van der Waals surface area (Å²) in [7, 11) is 0. The second-order valence-electron chi connectivity index (χ2n) is 6.82. The number of benzene rings is 2. The fourth-order valence-electron chi connectivity index (χ4n) is 3.22. The van der Waals surface area contributed by atoms with Gasteiger partial charge in [0.1, 0.15) is 6.61 Å². The lowest BCUT2D eigenvalue weighted by Gasteiger charge is -2.30. The van der Waals surface area contributed by atoms with Gasteiger partial charge in [-0.05, 0) is 31.2 Å². The van der Waals surface area contributed by atoms with Gasteiger partial charge < -0.3 is 19.7 Å². The Morgan fingerprint density at radius 1 is 1.17 bits per heavy atom. The minimum atomic E-state index is -0.198. The van der Waals surface area contributed by atoms with Crippen LogP contribution < -0.4 is 14.8 Å². The Kier molecular flexibility index (Phi) is 5.65. The minimum absolute atomic E-state index is 0.137. The molecule has 29 heavy (non-hydrogen) atoms. The Balaban J connectivity index is 1.31. The highest BCUT2D eigenvalue weighted by Crippen LogP contribution is 2.31. The number of rotatable bonds is 6. The molecule has 0 bridgehead atoms. The zero-order valence-corrected chi connectivity index (χ0v) is 16.3. The standard InChI is InChI=1S/C22H24N4O3/c1-2-25(15-19-16-28-20-10-6-7-11-21(20)29-19)22(27)23-12-17-13-24-26(14-17)18-8-4-3-5-9-18/h3-11,13-14,19H,2,12,15-16H2,1H3,(H,23,27).